The molecular weight excluding hydrogens is 603 g/mol. The monoisotopic (exact) mass is 612 g/mol. The lowest BCUT2D eigenvalue weighted by Crippen LogP contribution is -2.16. The van der Waals surface area contributed by atoms with Gasteiger partial charge in [0.2, 0.25) is 0 Å². The third-order valence-corrected chi connectivity index (χ3v) is 5.80. The molecule has 2 aromatic carbocycles. The number of amides is 1. The van der Waals surface area contributed by atoms with Crippen molar-refractivity contribution in [2.75, 3.05) is 0 Å². The zero-order valence-electron chi connectivity index (χ0n) is 15.4. The number of hydrazone groups is 1. The van der Waals surface area contributed by atoms with Crippen LogP contribution in [0.5, 0.6) is 0 Å². The van der Waals surface area contributed by atoms with Gasteiger partial charge in [-0.05, 0) is 65.1 Å². The van der Waals surface area contributed by atoms with Crippen LogP contribution in [0.25, 0.3) is 22.3 Å². The number of halogens is 3. The van der Waals surface area contributed by atoms with Gasteiger partial charge in [-0.1, -0.05) is 33.6 Å². The summed E-state index contributed by atoms with van der Waals surface area (Å²) in [4.78, 5) is 23.4. The predicted octanol–water partition coefficient (Wildman–Crippen LogP) is 6.18. The SMILES string of the molecule is O=C(N/N=C\c1ccc(-c2ccc(C(=O)O)c(Cl)c2)o1)c1cc2cc(Br)cc(I)c2o1. The van der Waals surface area contributed by atoms with E-state index in [1.807, 2.05) is 12.1 Å². The molecule has 7 nitrogen and oxygen atoms in total. The van der Waals surface area contributed by atoms with Gasteiger partial charge in [-0.15, -0.1) is 0 Å². The van der Waals surface area contributed by atoms with Crippen molar-refractivity contribution in [1.82, 2.24) is 5.43 Å². The fourth-order valence-electron chi connectivity index (χ4n) is 2.82. The number of carboxylic acid groups (broad SMARTS) is 1. The lowest BCUT2D eigenvalue weighted by molar-refractivity contribution is 0.0696. The van der Waals surface area contributed by atoms with Crippen molar-refractivity contribution in [2.45, 2.75) is 0 Å². The summed E-state index contributed by atoms with van der Waals surface area (Å²) in [6.07, 6.45) is 1.34. The molecule has 0 saturated heterocycles. The molecular formula is C21H11BrClIN2O5. The summed E-state index contributed by atoms with van der Waals surface area (Å²) in [5.74, 6) is -0.606. The van der Waals surface area contributed by atoms with E-state index >= 15 is 0 Å². The van der Waals surface area contributed by atoms with Crippen molar-refractivity contribution in [1.29, 1.82) is 0 Å². The molecule has 0 spiro atoms. The third-order valence-electron chi connectivity index (χ3n) is 4.23. The maximum atomic E-state index is 12.3. The van der Waals surface area contributed by atoms with E-state index in [4.69, 9.17) is 25.5 Å². The van der Waals surface area contributed by atoms with Crippen LogP contribution in [0.3, 0.4) is 0 Å². The first-order valence-corrected chi connectivity index (χ1v) is 10.9. The smallest absolute Gasteiger partial charge is 0.337 e. The minimum Gasteiger partial charge on any atom is -0.478 e. The fourth-order valence-corrected chi connectivity index (χ4v) is 4.74. The highest BCUT2D eigenvalue weighted by molar-refractivity contribution is 14.1. The Morgan fingerprint density at radius 1 is 1.13 bits per heavy atom. The molecule has 10 heteroatoms. The summed E-state index contributed by atoms with van der Waals surface area (Å²) in [5.41, 5.74) is 3.64. The molecule has 0 aliphatic heterocycles. The Balaban J connectivity index is 1.46. The minimum absolute atomic E-state index is 0.00843. The highest BCUT2D eigenvalue weighted by atomic mass is 127. The zero-order valence-corrected chi connectivity index (χ0v) is 19.9. The molecule has 0 bridgehead atoms. The minimum atomic E-state index is -1.11. The second kappa shape index (κ2) is 8.85. The molecule has 4 rings (SSSR count). The van der Waals surface area contributed by atoms with E-state index in [2.05, 4.69) is 49.0 Å². The van der Waals surface area contributed by atoms with E-state index in [1.54, 1.807) is 24.3 Å². The van der Waals surface area contributed by atoms with Crippen molar-refractivity contribution in [3.05, 3.63) is 78.7 Å². The molecule has 0 aliphatic rings. The van der Waals surface area contributed by atoms with Crippen LogP contribution >= 0.6 is 50.1 Å². The average molecular weight is 614 g/mol. The maximum absolute atomic E-state index is 12.3. The van der Waals surface area contributed by atoms with Crippen LogP contribution in [0, 0.1) is 3.57 Å². The number of carbonyl (C=O) groups excluding carboxylic acids is 1. The first kappa shape index (κ1) is 21.6. The number of nitrogens with zero attached hydrogens (tertiary/aromatic N) is 1. The van der Waals surface area contributed by atoms with Gasteiger partial charge in [-0.25, -0.2) is 10.2 Å². The van der Waals surface area contributed by atoms with Gasteiger partial charge >= 0.3 is 11.9 Å². The molecule has 0 aliphatic carbocycles. The van der Waals surface area contributed by atoms with E-state index in [-0.39, 0.29) is 16.3 Å². The average Bonchev–Trinajstić information content (AvgIpc) is 3.35. The van der Waals surface area contributed by atoms with Gasteiger partial charge in [0, 0.05) is 15.4 Å². The van der Waals surface area contributed by atoms with E-state index in [9.17, 15) is 9.59 Å². The third kappa shape index (κ3) is 4.68. The quantitative estimate of drug-likeness (QED) is 0.159. The van der Waals surface area contributed by atoms with Crippen molar-refractivity contribution in [2.24, 2.45) is 5.10 Å². The summed E-state index contributed by atoms with van der Waals surface area (Å²) in [5, 5.41) is 13.9. The van der Waals surface area contributed by atoms with Gasteiger partial charge < -0.3 is 13.9 Å². The largest absolute Gasteiger partial charge is 0.478 e. The second-order valence-electron chi connectivity index (χ2n) is 6.32. The predicted molar refractivity (Wildman–Crippen MR) is 128 cm³/mol. The van der Waals surface area contributed by atoms with Gasteiger partial charge in [0.1, 0.15) is 17.1 Å². The van der Waals surface area contributed by atoms with Crippen molar-refractivity contribution in [3.8, 4) is 11.3 Å². The number of rotatable bonds is 5. The summed E-state index contributed by atoms with van der Waals surface area (Å²) in [6.45, 7) is 0. The van der Waals surface area contributed by atoms with Crippen LogP contribution < -0.4 is 5.43 Å². The van der Waals surface area contributed by atoms with Crippen molar-refractivity contribution in [3.63, 3.8) is 0 Å². The second-order valence-corrected chi connectivity index (χ2v) is 8.80. The molecule has 2 N–H and O–H groups in total. The van der Waals surface area contributed by atoms with Gasteiger partial charge in [0.05, 0.1) is 20.4 Å². The lowest BCUT2D eigenvalue weighted by atomic mass is 10.1. The standard InChI is InChI=1S/C21H11BrClIN2O5/c22-12-5-11-7-18(31-19(11)16(24)8-12)20(27)26-25-9-13-2-4-17(30-13)10-1-3-14(21(28)29)15(23)6-10/h1-9H,(H,26,27)(H,28,29)/b25-9-. The number of carbonyl (C=O) groups is 2. The molecule has 0 atom stereocenters. The molecule has 2 aromatic heterocycles. The molecule has 4 aromatic rings. The molecule has 31 heavy (non-hydrogen) atoms. The Labute approximate surface area is 202 Å². The molecule has 1 amide bonds. The van der Waals surface area contributed by atoms with Crippen LogP contribution in [0.15, 0.2) is 66.9 Å². The summed E-state index contributed by atoms with van der Waals surface area (Å²) >= 11 is 11.5. The van der Waals surface area contributed by atoms with E-state index in [0.29, 0.717) is 22.7 Å². The van der Waals surface area contributed by atoms with E-state index < -0.39 is 11.9 Å². The Hall–Kier alpha value is -2.63. The van der Waals surface area contributed by atoms with Crippen molar-refractivity contribution >= 4 is 79.2 Å². The Morgan fingerprint density at radius 2 is 1.94 bits per heavy atom. The molecule has 0 unspecified atom stereocenters. The molecule has 0 radical (unpaired) electrons. The molecule has 0 saturated carbocycles. The van der Waals surface area contributed by atoms with Crippen molar-refractivity contribution < 1.29 is 23.5 Å². The highest BCUT2D eigenvalue weighted by Crippen LogP contribution is 2.29. The van der Waals surface area contributed by atoms with Crippen LogP contribution in [0.2, 0.25) is 5.02 Å². The number of nitrogens with one attached hydrogen (secondary N) is 1. The number of aromatic carboxylic acids is 1. The summed E-state index contributed by atoms with van der Waals surface area (Å²) in [7, 11) is 0. The Morgan fingerprint density at radius 3 is 2.68 bits per heavy atom. The zero-order chi connectivity index (χ0) is 22.1. The van der Waals surface area contributed by atoms with Gasteiger partial charge in [-0.2, -0.15) is 5.10 Å². The van der Waals surface area contributed by atoms with Crippen LogP contribution in [0.1, 0.15) is 26.7 Å². The number of hydrogen-bond acceptors (Lipinski definition) is 5. The normalized spacial score (nSPS) is 11.3. The van der Waals surface area contributed by atoms with Gasteiger partial charge in [-0.3, -0.25) is 4.79 Å². The van der Waals surface area contributed by atoms with Gasteiger partial charge in [0.15, 0.2) is 5.76 Å². The van der Waals surface area contributed by atoms with Crippen LogP contribution in [0.4, 0.5) is 0 Å². The van der Waals surface area contributed by atoms with Crippen LogP contribution in [-0.4, -0.2) is 23.2 Å². The number of hydrogen-bond donors (Lipinski definition) is 2. The van der Waals surface area contributed by atoms with E-state index in [0.717, 1.165) is 13.4 Å². The molecule has 156 valence electrons. The Bertz CT molecular complexity index is 1360. The highest BCUT2D eigenvalue weighted by Gasteiger charge is 2.14. The number of carboxylic acids is 1. The topological polar surface area (TPSA) is 105 Å². The van der Waals surface area contributed by atoms with E-state index in [1.165, 1.54) is 18.3 Å². The molecule has 2 heterocycles. The van der Waals surface area contributed by atoms with Crippen LogP contribution in [-0.2, 0) is 0 Å². The lowest BCUT2D eigenvalue weighted by Gasteiger charge is -2.01. The molecule has 0 fully saturated rings. The fraction of sp³-hybridized carbons (Fsp3) is 0. The first-order valence-electron chi connectivity index (χ1n) is 8.67. The number of benzene rings is 2. The summed E-state index contributed by atoms with van der Waals surface area (Å²) < 4.78 is 13.0. The number of furan rings is 2. The van der Waals surface area contributed by atoms with Gasteiger partial charge in [0.25, 0.3) is 0 Å². The first-order chi connectivity index (χ1) is 14.8. The Kier molecular flexibility index (Phi) is 6.17. The number of fused-ring (bicyclic) bond motifs is 1. The maximum Gasteiger partial charge on any atom is 0.337 e. The summed E-state index contributed by atoms with van der Waals surface area (Å²) in [6, 6.07) is 13.3.